The highest BCUT2D eigenvalue weighted by Gasteiger charge is 2.22. The molecule has 0 saturated heterocycles. The van der Waals surface area contributed by atoms with Crippen LogP contribution in [0, 0.1) is 0 Å². The van der Waals surface area contributed by atoms with Crippen molar-refractivity contribution < 1.29 is 4.42 Å². The zero-order valence-electron chi connectivity index (χ0n) is 25.3. The van der Waals surface area contributed by atoms with E-state index in [4.69, 9.17) is 14.4 Å². The number of furan rings is 1. The van der Waals surface area contributed by atoms with Crippen LogP contribution in [0.5, 0.6) is 0 Å². The van der Waals surface area contributed by atoms with Crippen molar-refractivity contribution in [2.75, 3.05) is 0 Å². The predicted molar refractivity (Wildman–Crippen MR) is 193 cm³/mol. The van der Waals surface area contributed by atoms with Crippen molar-refractivity contribution in [1.29, 1.82) is 0 Å². The van der Waals surface area contributed by atoms with E-state index in [1.165, 1.54) is 44.2 Å². The average molecular weight is 599 g/mol. The van der Waals surface area contributed by atoms with Crippen LogP contribution in [0.25, 0.3) is 100.0 Å². The normalized spacial score (nSPS) is 11.8. The first kappa shape index (κ1) is 26.0. The Balaban J connectivity index is 1.10. The molecule has 47 heavy (non-hydrogen) atoms. The summed E-state index contributed by atoms with van der Waals surface area (Å²) in [7, 11) is 0. The van der Waals surface area contributed by atoms with Gasteiger partial charge >= 0.3 is 0 Å². The van der Waals surface area contributed by atoms with Gasteiger partial charge in [0.1, 0.15) is 5.58 Å². The van der Waals surface area contributed by atoms with Crippen molar-refractivity contribution in [3.8, 4) is 67.2 Å². The SMILES string of the molecule is c1ccc(-c2nc(-c3cccc(-c4cccc(-c5ccc6c7c(cccc57)-c5ccccc5-6)c4)c3)nc3oc4ccccc4c23)cc1. The van der Waals surface area contributed by atoms with Crippen molar-refractivity contribution in [3.63, 3.8) is 0 Å². The summed E-state index contributed by atoms with van der Waals surface area (Å²) in [6, 6.07) is 55.7. The summed E-state index contributed by atoms with van der Waals surface area (Å²) in [6.45, 7) is 0. The summed E-state index contributed by atoms with van der Waals surface area (Å²) in [4.78, 5) is 10.1. The fraction of sp³-hybridized carbons (Fsp3) is 0. The molecule has 3 nitrogen and oxygen atoms in total. The first-order valence-corrected chi connectivity index (χ1v) is 15.9. The van der Waals surface area contributed by atoms with Crippen LogP contribution in [-0.2, 0) is 0 Å². The maximum absolute atomic E-state index is 6.28. The predicted octanol–water partition coefficient (Wildman–Crippen LogP) is 11.8. The third kappa shape index (κ3) is 4.00. The van der Waals surface area contributed by atoms with E-state index >= 15 is 0 Å². The number of rotatable bonds is 4. The van der Waals surface area contributed by atoms with Gasteiger partial charge in [-0.15, -0.1) is 0 Å². The third-order valence-corrected chi connectivity index (χ3v) is 9.46. The molecule has 2 aromatic heterocycles. The molecular formula is C44H26N2O. The molecule has 7 aromatic carbocycles. The topological polar surface area (TPSA) is 38.9 Å². The van der Waals surface area contributed by atoms with Crippen LogP contribution in [0.15, 0.2) is 162 Å². The minimum atomic E-state index is 0.594. The lowest BCUT2D eigenvalue weighted by molar-refractivity contribution is 0.653. The number of fused-ring (bicyclic) bond motifs is 6. The van der Waals surface area contributed by atoms with Gasteiger partial charge in [0.2, 0.25) is 5.71 Å². The van der Waals surface area contributed by atoms with Crippen molar-refractivity contribution in [2.24, 2.45) is 0 Å². The second kappa shape index (κ2) is 10.1. The lowest BCUT2D eigenvalue weighted by Gasteiger charge is -2.12. The molecule has 10 rings (SSSR count). The van der Waals surface area contributed by atoms with E-state index in [0.717, 1.165) is 44.3 Å². The van der Waals surface area contributed by atoms with Gasteiger partial charge in [0.15, 0.2) is 5.82 Å². The fourth-order valence-corrected chi connectivity index (χ4v) is 7.32. The molecule has 9 aromatic rings. The molecule has 1 aliphatic rings. The van der Waals surface area contributed by atoms with Crippen molar-refractivity contribution in [1.82, 2.24) is 9.97 Å². The molecule has 0 fully saturated rings. The third-order valence-electron chi connectivity index (χ3n) is 9.46. The van der Waals surface area contributed by atoms with E-state index in [-0.39, 0.29) is 0 Å². The summed E-state index contributed by atoms with van der Waals surface area (Å²) in [5.41, 5.74) is 14.2. The Morgan fingerprint density at radius 2 is 0.936 bits per heavy atom. The largest absolute Gasteiger partial charge is 0.438 e. The fourth-order valence-electron chi connectivity index (χ4n) is 7.32. The first-order valence-electron chi connectivity index (χ1n) is 15.9. The Kier molecular flexibility index (Phi) is 5.57. The number of benzene rings is 7. The van der Waals surface area contributed by atoms with Gasteiger partial charge in [0, 0.05) is 16.5 Å². The lowest BCUT2D eigenvalue weighted by Crippen LogP contribution is -1.94. The Morgan fingerprint density at radius 3 is 1.77 bits per heavy atom. The molecule has 0 radical (unpaired) electrons. The second-order valence-electron chi connectivity index (χ2n) is 12.1. The lowest BCUT2D eigenvalue weighted by atomic mass is 9.92. The van der Waals surface area contributed by atoms with E-state index in [1.54, 1.807) is 0 Å². The zero-order chi connectivity index (χ0) is 30.9. The van der Waals surface area contributed by atoms with Gasteiger partial charge in [-0.05, 0) is 73.5 Å². The quantitative estimate of drug-likeness (QED) is 0.202. The van der Waals surface area contributed by atoms with Crippen LogP contribution in [0.2, 0.25) is 0 Å². The summed E-state index contributed by atoms with van der Waals surface area (Å²) >= 11 is 0. The van der Waals surface area contributed by atoms with Crippen LogP contribution in [0.4, 0.5) is 0 Å². The number of para-hydroxylation sites is 1. The molecule has 0 bridgehead atoms. The van der Waals surface area contributed by atoms with E-state index in [2.05, 4.69) is 121 Å². The molecule has 0 spiro atoms. The van der Waals surface area contributed by atoms with Gasteiger partial charge < -0.3 is 4.42 Å². The van der Waals surface area contributed by atoms with Crippen LogP contribution in [0.3, 0.4) is 0 Å². The molecule has 218 valence electrons. The monoisotopic (exact) mass is 598 g/mol. The highest BCUT2D eigenvalue weighted by molar-refractivity contribution is 6.18. The first-order chi connectivity index (χ1) is 23.3. The molecule has 2 heterocycles. The number of aromatic nitrogens is 2. The Morgan fingerprint density at radius 1 is 0.362 bits per heavy atom. The molecule has 0 aliphatic heterocycles. The Hall–Kier alpha value is -6.32. The Labute approximate surface area is 271 Å². The average Bonchev–Trinajstić information content (AvgIpc) is 3.69. The number of nitrogens with zero attached hydrogens (tertiary/aromatic N) is 2. The van der Waals surface area contributed by atoms with Crippen molar-refractivity contribution in [3.05, 3.63) is 158 Å². The summed E-state index contributed by atoms with van der Waals surface area (Å²) in [5.74, 6) is 0.639. The van der Waals surface area contributed by atoms with E-state index < -0.39 is 0 Å². The zero-order valence-corrected chi connectivity index (χ0v) is 25.3. The smallest absolute Gasteiger partial charge is 0.231 e. The van der Waals surface area contributed by atoms with Gasteiger partial charge in [0.05, 0.1) is 11.1 Å². The van der Waals surface area contributed by atoms with Crippen LogP contribution >= 0.6 is 0 Å². The van der Waals surface area contributed by atoms with Crippen LogP contribution < -0.4 is 0 Å². The minimum absolute atomic E-state index is 0.594. The Bertz CT molecular complexity index is 2660. The maximum Gasteiger partial charge on any atom is 0.231 e. The summed E-state index contributed by atoms with van der Waals surface area (Å²) < 4.78 is 6.28. The van der Waals surface area contributed by atoms with Crippen LogP contribution in [-0.4, -0.2) is 9.97 Å². The molecule has 0 saturated carbocycles. The molecular weight excluding hydrogens is 572 g/mol. The molecule has 3 heteroatoms. The minimum Gasteiger partial charge on any atom is -0.438 e. The van der Waals surface area contributed by atoms with Gasteiger partial charge in [-0.3, -0.25) is 0 Å². The van der Waals surface area contributed by atoms with E-state index in [9.17, 15) is 0 Å². The molecule has 0 amide bonds. The molecule has 0 N–H and O–H groups in total. The molecule has 0 unspecified atom stereocenters. The van der Waals surface area contributed by atoms with E-state index in [0.29, 0.717) is 11.5 Å². The van der Waals surface area contributed by atoms with Gasteiger partial charge in [-0.2, -0.15) is 4.98 Å². The van der Waals surface area contributed by atoms with Crippen molar-refractivity contribution >= 4 is 32.8 Å². The van der Waals surface area contributed by atoms with Crippen LogP contribution in [0.1, 0.15) is 0 Å². The maximum atomic E-state index is 6.28. The molecule has 0 atom stereocenters. The molecule has 1 aliphatic carbocycles. The van der Waals surface area contributed by atoms with Crippen molar-refractivity contribution in [2.45, 2.75) is 0 Å². The number of hydrogen-bond donors (Lipinski definition) is 0. The highest BCUT2D eigenvalue weighted by atomic mass is 16.3. The standard InChI is InChI=1S/C44H26N2O/c1-2-11-27(12-3-1)42-41-38-19-6-7-22-39(38)47-44(41)46-43(45-42)31-16-9-14-29(26-31)28-13-8-15-30(25-28)32-23-24-37-34-18-5-4-17-33(34)36-21-10-20-35(32)40(36)37/h1-26H. The van der Waals surface area contributed by atoms with Gasteiger partial charge in [0.25, 0.3) is 0 Å². The number of hydrogen-bond acceptors (Lipinski definition) is 3. The van der Waals surface area contributed by atoms with E-state index in [1.807, 2.05) is 36.4 Å². The second-order valence-corrected chi connectivity index (χ2v) is 12.1. The summed E-state index contributed by atoms with van der Waals surface area (Å²) in [6.07, 6.45) is 0. The van der Waals surface area contributed by atoms with Gasteiger partial charge in [-0.25, -0.2) is 4.98 Å². The van der Waals surface area contributed by atoms with Gasteiger partial charge in [-0.1, -0.05) is 140 Å². The highest BCUT2D eigenvalue weighted by Crippen LogP contribution is 2.49. The summed E-state index contributed by atoms with van der Waals surface area (Å²) in [5, 5.41) is 4.58.